The summed E-state index contributed by atoms with van der Waals surface area (Å²) in [4.78, 5) is 11.4. The Hall–Kier alpha value is -2.32. The first kappa shape index (κ1) is 13.4. The van der Waals surface area contributed by atoms with Gasteiger partial charge in [0.1, 0.15) is 5.88 Å². The number of alkyl halides is 1. The third-order valence-electron chi connectivity index (χ3n) is 4.22. The van der Waals surface area contributed by atoms with Crippen molar-refractivity contribution in [3.05, 3.63) is 60.2 Å². The quantitative estimate of drug-likeness (QED) is 0.440. The molecule has 0 aliphatic carbocycles. The van der Waals surface area contributed by atoms with Gasteiger partial charge in [0.15, 0.2) is 0 Å². The fourth-order valence-corrected chi connectivity index (χ4v) is 3.29. The molecule has 0 bridgehead atoms. The summed E-state index contributed by atoms with van der Waals surface area (Å²) in [5, 5.41) is 10.3. The van der Waals surface area contributed by atoms with Crippen LogP contribution in [0.25, 0.3) is 32.3 Å². The van der Waals surface area contributed by atoms with Crippen molar-refractivity contribution < 1.29 is 4.79 Å². The average molecular weight is 308 g/mol. The molecule has 108 valence electrons. The molecule has 0 aromatic heterocycles. The molecule has 2 nitrogen and oxygen atoms in total. The molecule has 0 spiro atoms. The maximum Gasteiger partial charge on any atom is 0.235 e. The van der Waals surface area contributed by atoms with Crippen molar-refractivity contribution in [3.63, 3.8) is 0 Å². The van der Waals surface area contributed by atoms with Gasteiger partial charge in [0, 0.05) is 6.54 Å². The minimum Gasteiger partial charge on any atom is -0.351 e. The van der Waals surface area contributed by atoms with E-state index in [4.69, 9.17) is 11.6 Å². The van der Waals surface area contributed by atoms with E-state index in [9.17, 15) is 4.79 Å². The Morgan fingerprint density at radius 2 is 1.50 bits per heavy atom. The molecule has 0 aliphatic rings. The second-order valence-corrected chi connectivity index (χ2v) is 5.76. The summed E-state index contributed by atoms with van der Waals surface area (Å²) in [5.74, 6) is -0.154. The van der Waals surface area contributed by atoms with Gasteiger partial charge in [0.2, 0.25) is 5.91 Å². The molecule has 0 aliphatic heterocycles. The van der Waals surface area contributed by atoms with Crippen molar-refractivity contribution in [2.24, 2.45) is 0 Å². The molecular weight excluding hydrogens is 294 g/mol. The fourth-order valence-electron chi connectivity index (χ4n) is 3.19. The molecule has 3 heteroatoms. The molecule has 0 unspecified atom stereocenters. The Labute approximate surface area is 133 Å². The minimum absolute atomic E-state index is 0.00810. The Bertz CT molecular complexity index is 977. The summed E-state index contributed by atoms with van der Waals surface area (Å²) >= 11 is 5.55. The second-order valence-electron chi connectivity index (χ2n) is 5.49. The highest BCUT2D eigenvalue weighted by Crippen LogP contribution is 2.35. The Morgan fingerprint density at radius 1 is 0.864 bits per heavy atom. The van der Waals surface area contributed by atoms with E-state index >= 15 is 0 Å². The number of carbonyl (C=O) groups is 1. The van der Waals surface area contributed by atoms with Crippen molar-refractivity contribution in [1.29, 1.82) is 0 Å². The lowest BCUT2D eigenvalue weighted by Crippen LogP contribution is -2.23. The van der Waals surface area contributed by atoms with Crippen LogP contribution in [0.2, 0.25) is 0 Å². The van der Waals surface area contributed by atoms with Crippen LogP contribution >= 0.6 is 11.6 Å². The standard InChI is InChI=1S/C19H14ClNO/c20-10-17(22)21-11-15-7-6-14-5-4-12-2-1-3-13-8-9-16(15)19(14)18(12)13/h1-9H,10-11H2,(H,21,22). The molecule has 0 saturated carbocycles. The summed E-state index contributed by atoms with van der Waals surface area (Å²) in [6.45, 7) is 0.500. The number of rotatable bonds is 3. The maximum atomic E-state index is 11.4. The zero-order valence-corrected chi connectivity index (χ0v) is 12.7. The molecule has 1 N–H and O–H groups in total. The van der Waals surface area contributed by atoms with Crippen LogP contribution in [-0.4, -0.2) is 11.8 Å². The second kappa shape index (κ2) is 5.15. The lowest BCUT2D eigenvalue weighted by molar-refractivity contribution is -0.118. The number of hydrogen-bond donors (Lipinski definition) is 1. The minimum atomic E-state index is -0.146. The van der Waals surface area contributed by atoms with Crippen LogP contribution in [0.5, 0.6) is 0 Å². The van der Waals surface area contributed by atoms with Gasteiger partial charge in [-0.15, -0.1) is 11.6 Å². The number of amides is 1. The summed E-state index contributed by atoms with van der Waals surface area (Å²) in [6.07, 6.45) is 0. The van der Waals surface area contributed by atoms with E-state index in [1.807, 2.05) is 0 Å². The van der Waals surface area contributed by atoms with Gasteiger partial charge in [0.25, 0.3) is 0 Å². The zero-order chi connectivity index (χ0) is 15.1. The van der Waals surface area contributed by atoms with Gasteiger partial charge in [0.05, 0.1) is 0 Å². The van der Waals surface area contributed by atoms with Gasteiger partial charge in [-0.25, -0.2) is 0 Å². The van der Waals surface area contributed by atoms with Crippen molar-refractivity contribution in [2.75, 3.05) is 5.88 Å². The zero-order valence-electron chi connectivity index (χ0n) is 11.9. The Balaban J connectivity index is 1.98. The van der Waals surface area contributed by atoms with Crippen molar-refractivity contribution in [1.82, 2.24) is 5.32 Å². The molecule has 22 heavy (non-hydrogen) atoms. The number of benzene rings is 4. The highest BCUT2D eigenvalue weighted by Gasteiger charge is 2.10. The fraction of sp³-hybridized carbons (Fsp3) is 0.105. The first-order valence-corrected chi connectivity index (χ1v) is 7.79. The van der Waals surface area contributed by atoms with Crippen LogP contribution in [0.4, 0.5) is 0 Å². The lowest BCUT2D eigenvalue weighted by Gasteiger charge is -2.14. The molecule has 4 aromatic carbocycles. The molecule has 4 rings (SSSR count). The van der Waals surface area contributed by atoms with Crippen molar-refractivity contribution >= 4 is 49.8 Å². The molecule has 4 aromatic rings. The van der Waals surface area contributed by atoms with E-state index in [0.717, 1.165) is 5.56 Å². The van der Waals surface area contributed by atoms with E-state index < -0.39 is 0 Å². The van der Waals surface area contributed by atoms with Gasteiger partial charge < -0.3 is 5.32 Å². The van der Waals surface area contributed by atoms with Crippen LogP contribution in [0.3, 0.4) is 0 Å². The summed E-state index contributed by atoms with van der Waals surface area (Å²) in [7, 11) is 0. The van der Waals surface area contributed by atoms with Crippen LogP contribution in [0.15, 0.2) is 54.6 Å². The van der Waals surface area contributed by atoms with Gasteiger partial charge in [-0.3, -0.25) is 4.79 Å². The van der Waals surface area contributed by atoms with Crippen LogP contribution in [0.1, 0.15) is 5.56 Å². The predicted molar refractivity (Wildman–Crippen MR) is 92.7 cm³/mol. The number of halogens is 1. The van der Waals surface area contributed by atoms with Gasteiger partial charge in [-0.1, -0.05) is 54.6 Å². The van der Waals surface area contributed by atoms with E-state index in [1.54, 1.807) is 0 Å². The topological polar surface area (TPSA) is 29.1 Å². The monoisotopic (exact) mass is 307 g/mol. The maximum absolute atomic E-state index is 11.4. The van der Waals surface area contributed by atoms with E-state index in [0.29, 0.717) is 6.54 Å². The van der Waals surface area contributed by atoms with Crippen LogP contribution < -0.4 is 5.32 Å². The third-order valence-corrected chi connectivity index (χ3v) is 4.46. The first-order valence-electron chi connectivity index (χ1n) is 7.26. The first-order chi connectivity index (χ1) is 10.8. The van der Waals surface area contributed by atoms with E-state index in [1.165, 1.54) is 32.3 Å². The largest absolute Gasteiger partial charge is 0.351 e. The van der Waals surface area contributed by atoms with E-state index in [2.05, 4.69) is 59.9 Å². The number of nitrogens with one attached hydrogen (secondary N) is 1. The molecule has 0 radical (unpaired) electrons. The highest BCUT2D eigenvalue weighted by atomic mass is 35.5. The Morgan fingerprint density at radius 3 is 2.23 bits per heavy atom. The molecule has 0 fully saturated rings. The third kappa shape index (κ3) is 1.99. The summed E-state index contributed by atoms with van der Waals surface area (Å²) < 4.78 is 0. The van der Waals surface area contributed by atoms with Crippen LogP contribution in [-0.2, 0) is 11.3 Å². The van der Waals surface area contributed by atoms with Crippen molar-refractivity contribution in [3.8, 4) is 0 Å². The van der Waals surface area contributed by atoms with Crippen molar-refractivity contribution in [2.45, 2.75) is 6.54 Å². The van der Waals surface area contributed by atoms with E-state index in [-0.39, 0.29) is 11.8 Å². The van der Waals surface area contributed by atoms with Gasteiger partial charge in [-0.2, -0.15) is 0 Å². The molecule has 0 saturated heterocycles. The normalized spacial score (nSPS) is 11.5. The van der Waals surface area contributed by atoms with Gasteiger partial charge in [-0.05, 0) is 37.9 Å². The number of carbonyl (C=O) groups excluding carboxylic acids is 1. The molecular formula is C19H14ClNO. The van der Waals surface area contributed by atoms with Crippen LogP contribution in [0, 0.1) is 0 Å². The predicted octanol–water partition coefficient (Wildman–Crippen LogP) is 4.44. The highest BCUT2D eigenvalue weighted by molar-refractivity contribution is 6.27. The molecule has 0 heterocycles. The SMILES string of the molecule is O=C(CCl)NCc1ccc2ccc3cccc4ccc1c2c34. The summed E-state index contributed by atoms with van der Waals surface area (Å²) in [6, 6.07) is 19.2. The summed E-state index contributed by atoms with van der Waals surface area (Å²) in [5.41, 5.74) is 1.12. The smallest absolute Gasteiger partial charge is 0.235 e. The number of hydrogen-bond acceptors (Lipinski definition) is 1. The van der Waals surface area contributed by atoms with Gasteiger partial charge >= 0.3 is 0 Å². The lowest BCUT2D eigenvalue weighted by atomic mass is 9.92. The molecule has 0 atom stereocenters. The average Bonchev–Trinajstić information content (AvgIpc) is 2.58. The Kier molecular flexibility index (Phi) is 3.12. The molecule has 1 amide bonds.